The first-order chi connectivity index (χ1) is 11.7. The van der Waals surface area contributed by atoms with Crippen molar-refractivity contribution in [1.29, 1.82) is 0 Å². The number of rotatable bonds is 3. The highest BCUT2D eigenvalue weighted by Gasteiger charge is 2.30. The van der Waals surface area contributed by atoms with Crippen LogP contribution in [0.1, 0.15) is 68.7 Å². The number of nitrogens with two attached hydrogens (primary N) is 1. The smallest absolute Gasteiger partial charge is 0.270 e. The summed E-state index contributed by atoms with van der Waals surface area (Å²) in [4.78, 5) is 14.4. The van der Waals surface area contributed by atoms with Crippen LogP contribution in [0.4, 0.5) is 5.69 Å². The van der Waals surface area contributed by atoms with E-state index in [1.807, 2.05) is 6.07 Å². The van der Waals surface area contributed by atoms with Crippen molar-refractivity contribution in [2.24, 2.45) is 0 Å². The largest absolute Gasteiger partial charge is 0.353 e. The third-order valence-electron chi connectivity index (χ3n) is 5.85. The van der Waals surface area contributed by atoms with Crippen molar-refractivity contribution < 1.29 is 10.2 Å². The minimum absolute atomic E-state index is 0.194. The summed E-state index contributed by atoms with van der Waals surface area (Å²) in [6.07, 6.45) is 11.6. The third-order valence-corrected chi connectivity index (χ3v) is 5.85. The molecule has 0 aliphatic heterocycles. The fourth-order valence-corrected chi connectivity index (χ4v) is 4.62. The number of hydrogen-bond donors (Lipinski definition) is 2. The summed E-state index contributed by atoms with van der Waals surface area (Å²) in [6.45, 7) is 0. The number of non-ortho nitro benzene ring substituents is 1. The van der Waals surface area contributed by atoms with Crippen LogP contribution in [-0.4, -0.2) is 15.9 Å². The molecular formula is C19H26N3O2+. The fourth-order valence-electron chi connectivity index (χ4n) is 4.62. The topological polar surface area (TPSA) is 75.5 Å². The van der Waals surface area contributed by atoms with E-state index in [0.717, 1.165) is 23.4 Å². The van der Waals surface area contributed by atoms with Gasteiger partial charge in [-0.2, -0.15) is 0 Å². The van der Waals surface area contributed by atoms with Crippen LogP contribution in [0.2, 0.25) is 0 Å². The van der Waals surface area contributed by atoms with E-state index in [2.05, 4.69) is 10.3 Å². The molecule has 1 atom stereocenters. The molecule has 2 aliphatic rings. The molecule has 3 N–H and O–H groups in total. The molecule has 1 saturated carbocycles. The summed E-state index contributed by atoms with van der Waals surface area (Å²) >= 11 is 0. The van der Waals surface area contributed by atoms with Gasteiger partial charge < -0.3 is 10.3 Å². The van der Waals surface area contributed by atoms with Gasteiger partial charge in [-0.15, -0.1) is 0 Å². The number of aromatic amines is 1. The number of nitro groups is 1. The molecule has 0 bridgehead atoms. The number of quaternary nitrogens is 1. The summed E-state index contributed by atoms with van der Waals surface area (Å²) in [6, 6.07) is 6.45. The second kappa shape index (κ2) is 6.55. The Morgan fingerprint density at radius 1 is 1.08 bits per heavy atom. The number of aryl methyl sites for hydroxylation is 1. The minimum Gasteiger partial charge on any atom is -0.353 e. The van der Waals surface area contributed by atoms with Crippen molar-refractivity contribution in [3.05, 3.63) is 39.6 Å². The monoisotopic (exact) mass is 328 g/mol. The number of fused-ring (bicyclic) bond motifs is 3. The number of nitrogens with one attached hydrogen (secondary N) is 1. The highest BCUT2D eigenvalue weighted by Crippen LogP contribution is 2.35. The van der Waals surface area contributed by atoms with Crippen LogP contribution in [0, 0.1) is 10.1 Å². The number of hydrogen-bond acceptors (Lipinski definition) is 2. The number of H-pyrrole nitrogens is 1. The number of nitro benzene ring substituents is 1. The quantitative estimate of drug-likeness (QED) is 0.511. The minimum atomic E-state index is -0.295. The average Bonchev–Trinajstić information content (AvgIpc) is 2.76. The number of nitrogens with zero attached hydrogens (tertiary/aromatic N) is 1. The zero-order valence-corrected chi connectivity index (χ0v) is 14.1. The zero-order chi connectivity index (χ0) is 16.5. The predicted molar refractivity (Wildman–Crippen MR) is 94.0 cm³/mol. The Morgan fingerprint density at radius 2 is 1.88 bits per heavy atom. The van der Waals surface area contributed by atoms with Gasteiger partial charge in [0.15, 0.2) is 0 Å². The molecule has 2 aliphatic carbocycles. The lowest BCUT2D eigenvalue weighted by molar-refractivity contribution is -0.730. The van der Waals surface area contributed by atoms with E-state index in [0.29, 0.717) is 6.04 Å². The van der Waals surface area contributed by atoms with Crippen molar-refractivity contribution in [3.63, 3.8) is 0 Å². The van der Waals surface area contributed by atoms with E-state index < -0.39 is 0 Å². The molecule has 1 aromatic heterocycles. The third kappa shape index (κ3) is 2.93. The van der Waals surface area contributed by atoms with Crippen LogP contribution in [0.5, 0.6) is 0 Å². The first-order valence-corrected chi connectivity index (χ1v) is 9.36. The first kappa shape index (κ1) is 15.6. The maximum atomic E-state index is 11.1. The Bertz CT molecular complexity index is 744. The highest BCUT2D eigenvalue weighted by atomic mass is 16.6. The summed E-state index contributed by atoms with van der Waals surface area (Å²) < 4.78 is 0. The van der Waals surface area contributed by atoms with Gasteiger partial charge in [0.2, 0.25) is 0 Å². The van der Waals surface area contributed by atoms with Gasteiger partial charge in [-0.25, -0.2) is 0 Å². The predicted octanol–water partition coefficient (Wildman–Crippen LogP) is 3.74. The van der Waals surface area contributed by atoms with Crippen LogP contribution in [0.25, 0.3) is 10.9 Å². The lowest BCUT2D eigenvalue weighted by atomic mass is 9.90. The van der Waals surface area contributed by atoms with Gasteiger partial charge in [0.1, 0.15) is 6.04 Å². The van der Waals surface area contributed by atoms with Crippen molar-refractivity contribution in [3.8, 4) is 0 Å². The molecule has 5 heteroatoms. The van der Waals surface area contributed by atoms with Crippen LogP contribution in [0.15, 0.2) is 18.2 Å². The van der Waals surface area contributed by atoms with Gasteiger partial charge >= 0.3 is 0 Å². The summed E-state index contributed by atoms with van der Waals surface area (Å²) in [5.74, 6) is 0. The van der Waals surface area contributed by atoms with Gasteiger partial charge in [-0.05, 0) is 50.2 Å². The Kier molecular flexibility index (Phi) is 4.27. The molecule has 1 aromatic carbocycles. The Hall–Kier alpha value is -1.88. The molecule has 0 saturated heterocycles. The van der Waals surface area contributed by atoms with E-state index in [4.69, 9.17) is 0 Å². The van der Waals surface area contributed by atoms with Crippen molar-refractivity contribution in [2.75, 3.05) is 0 Å². The second-order valence-corrected chi connectivity index (χ2v) is 7.45. The van der Waals surface area contributed by atoms with E-state index in [-0.39, 0.29) is 10.6 Å². The summed E-state index contributed by atoms with van der Waals surface area (Å²) in [5.41, 5.74) is 3.88. The molecule has 0 radical (unpaired) electrons. The Morgan fingerprint density at radius 3 is 2.62 bits per heavy atom. The van der Waals surface area contributed by atoms with Gasteiger partial charge in [-0.1, -0.05) is 12.8 Å². The number of benzene rings is 1. The zero-order valence-electron chi connectivity index (χ0n) is 14.1. The average molecular weight is 328 g/mol. The summed E-state index contributed by atoms with van der Waals surface area (Å²) in [5, 5.41) is 14.7. The van der Waals surface area contributed by atoms with Crippen LogP contribution < -0.4 is 5.32 Å². The molecule has 24 heavy (non-hydrogen) atoms. The van der Waals surface area contributed by atoms with E-state index in [1.165, 1.54) is 62.6 Å². The van der Waals surface area contributed by atoms with E-state index >= 15 is 0 Å². The Balaban J connectivity index is 1.64. The highest BCUT2D eigenvalue weighted by molar-refractivity contribution is 5.87. The molecule has 5 nitrogen and oxygen atoms in total. The fraction of sp³-hybridized carbons (Fsp3) is 0.579. The van der Waals surface area contributed by atoms with Crippen LogP contribution in [-0.2, 0) is 6.42 Å². The first-order valence-electron chi connectivity index (χ1n) is 9.36. The summed E-state index contributed by atoms with van der Waals surface area (Å²) in [7, 11) is 0. The van der Waals surface area contributed by atoms with Crippen LogP contribution in [0.3, 0.4) is 0 Å². The lowest BCUT2D eigenvalue weighted by Gasteiger charge is -2.25. The van der Waals surface area contributed by atoms with Gasteiger partial charge in [0.25, 0.3) is 5.69 Å². The molecule has 2 aromatic rings. The maximum absolute atomic E-state index is 11.1. The van der Waals surface area contributed by atoms with Crippen molar-refractivity contribution in [1.82, 2.24) is 4.98 Å². The number of aromatic nitrogens is 1. The lowest BCUT2D eigenvalue weighted by Crippen LogP contribution is -2.91. The van der Waals surface area contributed by atoms with Crippen molar-refractivity contribution in [2.45, 2.75) is 69.9 Å². The molecule has 128 valence electrons. The molecule has 0 amide bonds. The van der Waals surface area contributed by atoms with Gasteiger partial charge in [-0.3, -0.25) is 10.1 Å². The SMILES string of the molecule is O=[N+]([O-])c1ccc2[nH]c3c(c2c1)CCC[C@@H]3[NH2+]C1CCCCCC1. The molecule has 0 spiro atoms. The van der Waals surface area contributed by atoms with E-state index in [1.54, 1.807) is 12.1 Å². The molecule has 0 unspecified atom stereocenters. The Labute approximate surface area is 142 Å². The van der Waals surface area contributed by atoms with Gasteiger partial charge in [0.05, 0.1) is 16.7 Å². The van der Waals surface area contributed by atoms with E-state index in [9.17, 15) is 10.1 Å². The second-order valence-electron chi connectivity index (χ2n) is 7.45. The van der Waals surface area contributed by atoms with Crippen LogP contribution >= 0.6 is 0 Å². The molecule has 1 fully saturated rings. The van der Waals surface area contributed by atoms with Gasteiger partial charge in [0, 0.05) is 29.5 Å². The maximum Gasteiger partial charge on any atom is 0.270 e. The van der Waals surface area contributed by atoms with Crippen molar-refractivity contribution >= 4 is 16.6 Å². The molecular weight excluding hydrogens is 302 g/mol. The molecule has 1 heterocycles. The standard InChI is InChI=1S/C19H25N3O2/c23-22(24)14-10-11-17-16(12-14)15-8-5-9-18(19(15)21-17)20-13-6-3-1-2-4-7-13/h10-13,18,20-21H,1-9H2/p+1/t18-/m0/s1. The molecule has 4 rings (SSSR count). The normalized spacial score (nSPS) is 22.2.